The number of hydrogen-bond donors (Lipinski definition) is 0. The van der Waals surface area contributed by atoms with Gasteiger partial charge in [-0.25, -0.2) is 0 Å². The van der Waals surface area contributed by atoms with Crippen LogP contribution in [0.5, 0.6) is 5.75 Å². The zero-order valence-electron chi connectivity index (χ0n) is 13.2. The Morgan fingerprint density at radius 2 is 1.83 bits per heavy atom. The highest BCUT2D eigenvalue weighted by molar-refractivity contribution is 6.09. The van der Waals surface area contributed by atoms with Gasteiger partial charge in [-0.1, -0.05) is 30.3 Å². The molecule has 3 aromatic rings. The molecule has 0 N–H and O–H groups in total. The van der Waals surface area contributed by atoms with Gasteiger partial charge in [-0.3, -0.25) is 14.2 Å². The van der Waals surface area contributed by atoms with Crippen LogP contribution in [0.4, 0.5) is 0 Å². The summed E-state index contributed by atoms with van der Waals surface area (Å²) in [6.45, 7) is 0.542. The Labute approximate surface area is 139 Å². The van der Waals surface area contributed by atoms with Crippen molar-refractivity contribution < 1.29 is 14.3 Å². The number of nitrogens with zero attached hydrogens (tertiary/aromatic N) is 2. The van der Waals surface area contributed by atoms with E-state index in [1.165, 1.54) is 9.47 Å². The summed E-state index contributed by atoms with van der Waals surface area (Å²) in [6, 6.07) is 17.2. The van der Waals surface area contributed by atoms with Crippen molar-refractivity contribution >= 4 is 22.7 Å². The van der Waals surface area contributed by atoms with Gasteiger partial charge in [0, 0.05) is 18.5 Å². The van der Waals surface area contributed by atoms with Crippen molar-refractivity contribution in [1.29, 1.82) is 0 Å². The number of hydrogen-bond acceptors (Lipinski definition) is 3. The Kier molecular flexibility index (Phi) is 3.34. The summed E-state index contributed by atoms with van der Waals surface area (Å²) in [5, 5.41) is 0.856. The fraction of sp³-hybridized carbons (Fsp3) is 0.158. The molecule has 0 aliphatic carbocycles. The fourth-order valence-electron chi connectivity index (χ4n) is 2.98. The molecule has 0 saturated carbocycles. The Balaban J connectivity index is 1.69. The Hall–Kier alpha value is -3.08. The van der Waals surface area contributed by atoms with E-state index in [-0.39, 0.29) is 18.4 Å². The maximum atomic E-state index is 12.3. The first kappa shape index (κ1) is 14.5. The van der Waals surface area contributed by atoms with E-state index in [9.17, 15) is 9.59 Å². The molecule has 0 unspecified atom stereocenters. The van der Waals surface area contributed by atoms with E-state index in [1.54, 1.807) is 13.1 Å². The smallest absolute Gasteiger partial charge is 0.271 e. The number of benzene rings is 2. The zero-order chi connectivity index (χ0) is 16.7. The van der Waals surface area contributed by atoms with Gasteiger partial charge in [0.2, 0.25) is 0 Å². The zero-order valence-corrected chi connectivity index (χ0v) is 13.2. The molecular formula is C19H16N2O3. The summed E-state index contributed by atoms with van der Waals surface area (Å²) in [6.07, 6.45) is 0. The van der Waals surface area contributed by atoms with E-state index in [2.05, 4.69) is 0 Å². The van der Waals surface area contributed by atoms with Crippen LogP contribution in [0.15, 0.2) is 54.6 Å². The summed E-state index contributed by atoms with van der Waals surface area (Å²) >= 11 is 0. The van der Waals surface area contributed by atoms with Crippen LogP contribution in [0, 0.1) is 0 Å². The SMILES string of the molecule is CN1CC(=O)n2c(cc3ccc(OCc4ccccc4)cc32)C1=O. The summed E-state index contributed by atoms with van der Waals surface area (Å²) in [7, 11) is 1.63. The monoisotopic (exact) mass is 320 g/mol. The van der Waals surface area contributed by atoms with Crippen LogP contribution in [0.1, 0.15) is 20.8 Å². The molecule has 1 amide bonds. The molecule has 4 rings (SSSR count). The van der Waals surface area contributed by atoms with Gasteiger partial charge in [0.25, 0.3) is 11.8 Å². The van der Waals surface area contributed by atoms with E-state index >= 15 is 0 Å². The van der Waals surface area contributed by atoms with E-state index in [0.29, 0.717) is 23.6 Å². The number of aromatic nitrogens is 1. The van der Waals surface area contributed by atoms with Crippen molar-refractivity contribution in [3.05, 3.63) is 65.9 Å². The van der Waals surface area contributed by atoms with Gasteiger partial charge in [0.05, 0.1) is 5.52 Å². The number of rotatable bonds is 3. The first-order chi connectivity index (χ1) is 11.6. The standard InChI is InChI=1S/C19H16N2O3/c1-20-11-18(22)21-16-10-15(24-12-13-5-3-2-4-6-13)8-7-14(16)9-17(21)19(20)23/h2-10H,11-12H2,1H3. The number of carbonyl (C=O) groups excluding carboxylic acids is 2. The van der Waals surface area contributed by atoms with Gasteiger partial charge in [0.15, 0.2) is 0 Å². The first-order valence-electron chi connectivity index (χ1n) is 7.74. The highest BCUT2D eigenvalue weighted by Crippen LogP contribution is 2.27. The lowest BCUT2D eigenvalue weighted by Gasteiger charge is -2.23. The molecule has 0 atom stereocenters. The molecule has 120 valence electrons. The summed E-state index contributed by atoms with van der Waals surface area (Å²) < 4.78 is 7.32. The van der Waals surface area contributed by atoms with Crippen LogP contribution in [0.3, 0.4) is 0 Å². The van der Waals surface area contributed by atoms with Crippen molar-refractivity contribution in [2.75, 3.05) is 13.6 Å². The van der Waals surface area contributed by atoms with E-state index in [0.717, 1.165) is 10.9 Å². The van der Waals surface area contributed by atoms with Gasteiger partial charge in [-0.05, 0) is 23.8 Å². The van der Waals surface area contributed by atoms with Crippen LogP contribution < -0.4 is 4.74 Å². The van der Waals surface area contributed by atoms with Crippen molar-refractivity contribution in [2.45, 2.75) is 6.61 Å². The second-order valence-corrected chi connectivity index (χ2v) is 5.91. The Morgan fingerprint density at radius 3 is 2.62 bits per heavy atom. The van der Waals surface area contributed by atoms with Gasteiger partial charge in [0.1, 0.15) is 24.6 Å². The third-order valence-corrected chi connectivity index (χ3v) is 4.21. The molecule has 0 spiro atoms. The lowest BCUT2D eigenvalue weighted by Crippen LogP contribution is -2.41. The molecule has 0 radical (unpaired) electrons. The number of carbonyl (C=O) groups is 2. The first-order valence-corrected chi connectivity index (χ1v) is 7.74. The molecule has 1 aromatic heterocycles. The molecule has 1 aliphatic rings. The normalized spacial score (nSPS) is 14.1. The van der Waals surface area contributed by atoms with E-state index < -0.39 is 0 Å². The van der Waals surface area contributed by atoms with Crippen molar-refractivity contribution in [1.82, 2.24) is 9.47 Å². The second-order valence-electron chi connectivity index (χ2n) is 5.91. The van der Waals surface area contributed by atoms with Crippen LogP contribution >= 0.6 is 0 Å². The molecule has 2 aromatic carbocycles. The minimum absolute atomic E-state index is 0.0880. The lowest BCUT2D eigenvalue weighted by molar-refractivity contribution is 0.0661. The summed E-state index contributed by atoms with van der Waals surface area (Å²) in [5.41, 5.74) is 2.19. The lowest BCUT2D eigenvalue weighted by atomic mass is 10.2. The molecule has 5 nitrogen and oxygen atoms in total. The second kappa shape index (κ2) is 5.53. The maximum Gasteiger partial charge on any atom is 0.271 e. The highest BCUT2D eigenvalue weighted by atomic mass is 16.5. The third-order valence-electron chi connectivity index (χ3n) is 4.21. The van der Waals surface area contributed by atoms with Crippen LogP contribution in [0.25, 0.3) is 10.9 Å². The minimum atomic E-state index is -0.141. The fourth-order valence-corrected chi connectivity index (χ4v) is 2.98. The predicted octanol–water partition coefficient (Wildman–Crippen LogP) is 2.95. The molecule has 0 fully saturated rings. The molecule has 24 heavy (non-hydrogen) atoms. The largest absolute Gasteiger partial charge is 0.489 e. The van der Waals surface area contributed by atoms with Crippen molar-refractivity contribution in [2.24, 2.45) is 0 Å². The van der Waals surface area contributed by atoms with Gasteiger partial charge in [-0.15, -0.1) is 0 Å². The molecular weight excluding hydrogens is 304 g/mol. The van der Waals surface area contributed by atoms with E-state index in [4.69, 9.17) is 4.74 Å². The summed E-state index contributed by atoms with van der Waals surface area (Å²) in [4.78, 5) is 26.0. The van der Waals surface area contributed by atoms with Gasteiger partial charge < -0.3 is 9.64 Å². The third kappa shape index (κ3) is 2.34. The minimum Gasteiger partial charge on any atom is -0.489 e. The van der Waals surface area contributed by atoms with Crippen LogP contribution in [-0.4, -0.2) is 34.9 Å². The number of likely N-dealkylation sites (N-methyl/N-ethyl adjacent to an activating group) is 1. The number of fused-ring (bicyclic) bond motifs is 3. The van der Waals surface area contributed by atoms with Crippen molar-refractivity contribution in [3.63, 3.8) is 0 Å². The predicted molar refractivity (Wildman–Crippen MR) is 90.3 cm³/mol. The highest BCUT2D eigenvalue weighted by Gasteiger charge is 2.29. The van der Waals surface area contributed by atoms with Gasteiger partial charge >= 0.3 is 0 Å². The van der Waals surface area contributed by atoms with Gasteiger partial charge in [-0.2, -0.15) is 0 Å². The van der Waals surface area contributed by atoms with Crippen LogP contribution in [-0.2, 0) is 6.61 Å². The quantitative estimate of drug-likeness (QED) is 0.745. The molecule has 0 bridgehead atoms. The number of ether oxygens (including phenoxy) is 1. The average Bonchev–Trinajstić information content (AvgIpc) is 2.98. The average molecular weight is 320 g/mol. The van der Waals surface area contributed by atoms with Crippen molar-refractivity contribution in [3.8, 4) is 5.75 Å². The molecule has 0 saturated heterocycles. The molecule has 2 heterocycles. The van der Waals surface area contributed by atoms with E-state index in [1.807, 2.05) is 48.5 Å². The Bertz CT molecular complexity index is 944. The molecule has 5 heteroatoms. The topological polar surface area (TPSA) is 51.5 Å². The summed E-state index contributed by atoms with van der Waals surface area (Å²) in [5.74, 6) is 0.422. The molecule has 1 aliphatic heterocycles. The van der Waals surface area contributed by atoms with Crippen LogP contribution in [0.2, 0.25) is 0 Å². The maximum absolute atomic E-state index is 12.3. The number of amides is 1. The Morgan fingerprint density at radius 1 is 1.04 bits per heavy atom.